The van der Waals surface area contributed by atoms with E-state index in [1.54, 1.807) is 19.0 Å². The molecule has 19 heavy (non-hydrogen) atoms. The third-order valence-corrected chi connectivity index (χ3v) is 3.21. The van der Waals surface area contributed by atoms with Crippen molar-refractivity contribution in [2.45, 2.75) is 0 Å². The fourth-order valence-electron chi connectivity index (χ4n) is 1.25. The smallest absolute Gasteiger partial charge is 0.271 e. The van der Waals surface area contributed by atoms with Crippen LogP contribution in [0.1, 0.15) is 0 Å². The van der Waals surface area contributed by atoms with E-state index in [-0.39, 0.29) is 30.5 Å². The second-order valence-electron chi connectivity index (χ2n) is 3.83. The first-order valence-electron chi connectivity index (χ1n) is 4.89. The third kappa shape index (κ3) is 5.43. The van der Waals surface area contributed by atoms with E-state index in [9.17, 15) is 14.9 Å². The monoisotopic (exact) mass is 415 g/mol. The van der Waals surface area contributed by atoms with Crippen molar-refractivity contribution in [2.24, 2.45) is 0 Å². The zero-order valence-electron chi connectivity index (χ0n) is 10.1. The standard InChI is InChI=1S/C10H11Br2N3O3.ClH/c1-14(2)5-9(16)13-10-7(11)3-6(15(17)18)4-8(10)12;/h3-4H,5H2,1-2H3,(H,13,16);1H. The Bertz CT molecular complexity index is 474. The molecule has 0 aliphatic carbocycles. The van der Waals surface area contributed by atoms with Gasteiger partial charge in [-0.1, -0.05) is 0 Å². The average molecular weight is 417 g/mol. The van der Waals surface area contributed by atoms with Gasteiger partial charge >= 0.3 is 0 Å². The van der Waals surface area contributed by atoms with Crippen molar-refractivity contribution in [1.29, 1.82) is 0 Å². The molecule has 106 valence electrons. The molecule has 1 aromatic rings. The van der Waals surface area contributed by atoms with E-state index in [2.05, 4.69) is 37.2 Å². The van der Waals surface area contributed by atoms with Crippen LogP contribution in [0.15, 0.2) is 21.1 Å². The number of carbonyl (C=O) groups excluding carboxylic acids is 1. The van der Waals surface area contributed by atoms with Crippen LogP contribution in [-0.4, -0.2) is 36.4 Å². The van der Waals surface area contributed by atoms with Gasteiger partial charge in [0.05, 0.1) is 17.2 Å². The minimum Gasteiger partial charge on any atom is -0.323 e. The van der Waals surface area contributed by atoms with E-state index < -0.39 is 4.92 Å². The molecule has 0 fully saturated rings. The molecule has 0 bridgehead atoms. The number of nitrogens with one attached hydrogen (secondary N) is 1. The zero-order chi connectivity index (χ0) is 13.9. The second-order valence-corrected chi connectivity index (χ2v) is 5.54. The Morgan fingerprint density at radius 3 is 2.21 bits per heavy atom. The molecule has 1 aromatic carbocycles. The molecule has 9 heteroatoms. The van der Waals surface area contributed by atoms with Crippen LogP contribution >= 0.6 is 44.3 Å². The minimum absolute atomic E-state index is 0. The van der Waals surface area contributed by atoms with Crippen LogP contribution in [-0.2, 0) is 4.79 Å². The first-order valence-corrected chi connectivity index (χ1v) is 6.48. The molecule has 0 unspecified atom stereocenters. The van der Waals surface area contributed by atoms with Gasteiger partial charge in [-0.15, -0.1) is 12.4 Å². The summed E-state index contributed by atoms with van der Waals surface area (Å²) in [6, 6.07) is 2.69. The molecular formula is C10H12Br2ClN3O3. The van der Waals surface area contributed by atoms with Gasteiger partial charge in [-0.3, -0.25) is 14.9 Å². The highest BCUT2D eigenvalue weighted by Crippen LogP contribution is 2.35. The number of likely N-dealkylation sites (N-methyl/N-ethyl adjacent to an activating group) is 1. The minimum atomic E-state index is -0.499. The molecule has 0 aromatic heterocycles. The van der Waals surface area contributed by atoms with Crippen LogP contribution in [0.25, 0.3) is 0 Å². The second kappa shape index (κ2) is 7.78. The molecular weight excluding hydrogens is 405 g/mol. The molecule has 0 saturated heterocycles. The summed E-state index contributed by atoms with van der Waals surface area (Å²) in [6.45, 7) is 0.232. The Hall–Kier alpha value is -0.700. The molecule has 0 aliphatic rings. The van der Waals surface area contributed by atoms with Crippen molar-refractivity contribution < 1.29 is 9.72 Å². The lowest BCUT2D eigenvalue weighted by molar-refractivity contribution is -0.385. The molecule has 0 radical (unpaired) electrons. The molecule has 0 spiro atoms. The van der Waals surface area contributed by atoms with Gasteiger partial charge in [-0.25, -0.2) is 0 Å². The molecule has 0 aliphatic heterocycles. The van der Waals surface area contributed by atoms with Crippen molar-refractivity contribution in [2.75, 3.05) is 26.0 Å². The van der Waals surface area contributed by atoms with Gasteiger partial charge in [0.25, 0.3) is 5.69 Å². The largest absolute Gasteiger partial charge is 0.323 e. The van der Waals surface area contributed by atoms with Gasteiger partial charge in [0.15, 0.2) is 0 Å². The van der Waals surface area contributed by atoms with Crippen molar-refractivity contribution in [3.8, 4) is 0 Å². The maximum Gasteiger partial charge on any atom is 0.271 e. The quantitative estimate of drug-likeness (QED) is 0.604. The van der Waals surface area contributed by atoms with Crippen LogP contribution in [0, 0.1) is 10.1 Å². The Morgan fingerprint density at radius 1 is 1.37 bits per heavy atom. The number of benzene rings is 1. The molecule has 1 N–H and O–H groups in total. The third-order valence-electron chi connectivity index (χ3n) is 1.96. The summed E-state index contributed by atoms with van der Waals surface area (Å²) >= 11 is 6.40. The number of amides is 1. The highest BCUT2D eigenvalue weighted by Gasteiger charge is 2.15. The summed E-state index contributed by atoms with van der Waals surface area (Å²) < 4.78 is 0.909. The molecule has 6 nitrogen and oxygen atoms in total. The fourth-order valence-corrected chi connectivity index (χ4v) is 2.61. The topological polar surface area (TPSA) is 75.5 Å². The number of nitro benzene ring substituents is 1. The SMILES string of the molecule is CN(C)CC(=O)Nc1c(Br)cc([N+](=O)[O-])cc1Br.Cl. The van der Waals surface area contributed by atoms with Crippen molar-refractivity contribution in [3.05, 3.63) is 31.2 Å². The predicted molar refractivity (Wildman–Crippen MR) is 82.9 cm³/mol. The fraction of sp³-hybridized carbons (Fsp3) is 0.300. The average Bonchev–Trinajstić information content (AvgIpc) is 2.21. The summed E-state index contributed by atoms with van der Waals surface area (Å²) in [4.78, 5) is 23.5. The Balaban J connectivity index is 0.00000324. The van der Waals surface area contributed by atoms with Gasteiger partial charge in [0.1, 0.15) is 0 Å². The Labute approximate surface area is 133 Å². The Kier molecular flexibility index (Phi) is 7.50. The summed E-state index contributed by atoms with van der Waals surface area (Å²) in [5.41, 5.74) is 0.423. The lowest BCUT2D eigenvalue weighted by atomic mass is 10.3. The molecule has 1 amide bonds. The number of anilines is 1. The van der Waals surface area contributed by atoms with Crippen LogP contribution in [0.3, 0.4) is 0 Å². The van der Waals surface area contributed by atoms with Gasteiger partial charge < -0.3 is 10.2 Å². The zero-order valence-corrected chi connectivity index (χ0v) is 14.1. The van der Waals surface area contributed by atoms with Crippen LogP contribution in [0.5, 0.6) is 0 Å². The number of carbonyl (C=O) groups is 1. The summed E-state index contributed by atoms with van der Waals surface area (Å²) in [5, 5.41) is 13.3. The van der Waals surface area contributed by atoms with Gasteiger partial charge in [0, 0.05) is 21.1 Å². The van der Waals surface area contributed by atoms with Crippen molar-refractivity contribution >= 4 is 61.5 Å². The predicted octanol–water partition coefficient (Wildman–Crippen LogP) is 3.04. The number of hydrogen-bond donors (Lipinski definition) is 1. The van der Waals surface area contributed by atoms with E-state index in [4.69, 9.17) is 0 Å². The first kappa shape index (κ1) is 18.3. The van der Waals surface area contributed by atoms with Gasteiger partial charge in [0.2, 0.25) is 5.91 Å². The molecule has 1 rings (SSSR count). The maximum atomic E-state index is 11.6. The first-order chi connectivity index (χ1) is 8.31. The summed E-state index contributed by atoms with van der Waals surface area (Å²) in [5.74, 6) is -0.199. The van der Waals surface area contributed by atoms with Crippen molar-refractivity contribution in [3.63, 3.8) is 0 Å². The summed E-state index contributed by atoms with van der Waals surface area (Å²) in [7, 11) is 3.55. The highest BCUT2D eigenvalue weighted by atomic mass is 79.9. The number of nitrogens with zero attached hydrogens (tertiary/aromatic N) is 2. The van der Waals surface area contributed by atoms with Gasteiger partial charge in [-0.05, 0) is 46.0 Å². The van der Waals surface area contributed by atoms with E-state index in [1.165, 1.54) is 12.1 Å². The van der Waals surface area contributed by atoms with Crippen molar-refractivity contribution in [1.82, 2.24) is 4.90 Å². The normalized spacial score (nSPS) is 9.95. The molecule has 0 atom stereocenters. The van der Waals surface area contributed by atoms with E-state index in [0.29, 0.717) is 14.6 Å². The molecule has 0 heterocycles. The summed E-state index contributed by atoms with van der Waals surface area (Å²) in [6.07, 6.45) is 0. The van der Waals surface area contributed by atoms with Crippen LogP contribution in [0.2, 0.25) is 0 Å². The molecule has 0 saturated carbocycles. The maximum absolute atomic E-state index is 11.6. The Morgan fingerprint density at radius 2 is 1.84 bits per heavy atom. The number of rotatable bonds is 4. The van der Waals surface area contributed by atoms with E-state index >= 15 is 0 Å². The lowest BCUT2D eigenvalue weighted by Crippen LogP contribution is -2.27. The van der Waals surface area contributed by atoms with Crippen LogP contribution < -0.4 is 5.32 Å². The highest BCUT2D eigenvalue weighted by molar-refractivity contribution is 9.11. The van der Waals surface area contributed by atoms with Gasteiger partial charge in [-0.2, -0.15) is 0 Å². The number of non-ortho nitro benzene ring substituents is 1. The lowest BCUT2D eigenvalue weighted by Gasteiger charge is -2.12. The van der Waals surface area contributed by atoms with E-state index in [0.717, 1.165) is 0 Å². The number of hydrogen-bond acceptors (Lipinski definition) is 4. The number of halogens is 3. The van der Waals surface area contributed by atoms with E-state index in [1.807, 2.05) is 0 Å². The van der Waals surface area contributed by atoms with Crippen LogP contribution in [0.4, 0.5) is 11.4 Å². The number of nitro groups is 1.